The SMILES string of the molecule is Cc1cc(C(=O)O)nc(N2CCOCC2)n1. The number of aryl methyl sites for hydroxylation is 1. The van der Waals surface area contributed by atoms with Crippen LogP contribution in [0.5, 0.6) is 0 Å². The molecule has 6 heteroatoms. The summed E-state index contributed by atoms with van der Waals surface area (Å²) < 4.78 is 5.22. The normalized spacial score (nSPS) is 16.2. The molecule has 6 nitrogen and oxygen atoms in total. The summed E-state index contributed by atoms with van der Waals surface area (Å²) >= 11 is 0. The summed E-state index contributed by atoms with van der Waals surface area (Å²) in [6.45, 7) is 4.41. The Balaban J connectivity index is 2.28. The van der Waals surface area contributed by atoms with Crippen LogP contribution in [0.1, 0.15) is 16.2 Å². The van der Waals surface area contributed by atoms with Gasteiger partial charge in [0.1, 0.15) is 0 Å². The van der Waals surface area contributed by atoms with Crippen LogP contribution in [0.2, 0.25) is 0 Å². The highest BCUT2D eigenvalue weighted by Gasteiger charge is 2.16. The summed E-state index contributed by atoms with van der Waals surface area (Å²) in [6.07, 6.45) is 0. The van der Waals surface area contributed by atoms with Gasteiger partial charge in [0.15, 0.2) is 5.69 Å². The second kappa shape index (κ2) is 4.44. The van der Waals surface area contributed by atoms with Crippen molar-refractivity contribution >= 4 is 11.9 Å². The van der Waals surface area contributed by atoms with E-state index in [4.69, 9.17) is 9.84 Å². The number of rotatable bonds is 2. The zero-order valence-electron chi connectivity index (χ0n) is 9.01. The van der Waals surface area contributed by atoms with E-state index >= 15 is 0 Å². The first-order valence-corrected chi connectivity index (χ1v) is 5.08. The predicted octanol–water partition coefficient (Wildman–Crippen LogP) is 0.320. The number of carboxylic acid groups (broad SMARTS) is 1. The average molecular weight is 223 g/mol. The summed E-state index contributed by atoms with van der Waals surface area (Å²) in [4.78, 5) is 21.0. The fourth-order valence-electron chi connectivity index (χ4n) is 1.57. The third kappa shape index (κ3) is 2.27. The molecule has 1 fully saturated rings. The maximum absolute atomic E-state index is 10.9. The van der Waals surface area contributed by atoms with Gasteiger partial charge in [-0.05, 0) is 13.0 Å². The number of carbonyl (C=O) groups is 1. The molecule has 1 aromatic heterocycles. The first-order chi connectivity index (χ1) is 7.66. The number of carboxylic acids is 1. The number of nitrogens with zero attached hydrogens (tertiary/aromatic N) is 3. The summed E-state index contributed by atoms with van der Waals surface area (Å²) in [5, 5.41) is 8.90. The Hall–Kier alpha value is -1.69. The second-order valence-corrected chi connectivity index (χ2v) is 3.60. The zero-order valence-corrected chi connectivity index (χ0v) is 9.01. The molecular weight excluding hydrogens is 210 g/mol. The second-order valence-electron chi connectivity index (χ2n) is 3.60. The lowest BCUT2D eigenvalue weighted by Gasteiger charge is -2.26. The number of aromatic carboxylic acids is 1. The molecular formula is C10H13N3O3. The minimum atomic E-state index is -1.03. The van der Waals surface area contributed by atoms with Gasteiger partial charge in [0, 0.05) is 18.8 Å². The minimum absolute atomic E-state index is 0.0361. The summed E-state index contributed by atoms with van der Waals surface area (Å²) in [7, 11) is 0. The van der Waals surface area contributed by atoms with Crippen molar-refractivity contribution in [2.75, 3.05) is 31.2 Å². The van der Waals surface area contributed by atoms with Crippen LogP contribution in [0, 0.1) is 6.92 Å². The van der Waals surface area contributed by atoms with Crippen molar-refractivity contribution in [3.05, 3.63) is 17.5 Å². The van der Waals surface area contributed by atoms with Crippen molar-refractivity contribution in [2.45, 2.75) is 6.92 Å². The van der Waals surface area contributed by atoms with Crippen LogP contribution in [0.25, 0.3) is 0 Å². The Bertz CT molecular complexity index is 402. The highest BCUT2D eigenvalue weighted by Crippen LogP contribution is 2.12. The Labute approximate surface area is 92.9 Å². The van der Waals surface area contributed by atoms with Crippen LogP contribution < -0.4 is 4.90 Å². The highest BCUT2D eigenvalue weighted by molar-refractivity contribution is 5.85. The zero-order chi connectivity index (χ0) is 11.5. The van der Waals surface area contributed by atoms with Crippen LogP contribution in [0.15, 0.2) is 6.07 Å². The van der Waals surface area contributed by atoms with E-state index in [1.54, 1.807) is 6.92 Å². The molecule has 2 heterocycles. The lowest BCUT2D eigenvalue weighted by Crippen LogP contribution is -2.37. The van der Waals surface area contributed by atoms with Crippen molar-refractivity contribution in [3.63, 3.8) is 0 Å². The fraction of sp³-hybridized carbons (Fsp3) is 0.500. The van der Waals surface area contributed by atoms with Crippen molar-refractivity contribution in [3.8, 4) is 0 Å². The van der Waals surface area contributed by atoms with Crippen LogP contribution in [0.3, 0.4) is 0 Å². The minimum Gasteiger partial charge on any atom is -0.477 e. The first-order valence-electron chi connectivity index (χ1n) is 5.08. The third-order valence-electron chi connectivity index (χ3n) is 2.36. The van der Waals surface area contributed by atoms with E-state index in [-0.39, 0.29) is 5.69 Å². The quantitative estimate of drug-likeness (QED) is 0.778. The molecule has 0 radical (unpaired) electrons. The monoisotopic (exact) mass is 223 g/mol. The summed E-state index contributed by atoms with van der Waals surface area (Å²) in [5.41, 5.74) is 0.697. The molecule has 0 amide bonds. The smallest absolute Gasteiger partial charge is 0.354 e. The maximum Gasteiger partial charge on any atom is 0.354 e. The van der Waals surface area contributed by atoms with Crippen molar-refractivity contribution in [2.24, 2.45) is 0 Å². The van der Waals surface area contributed by atoms with E-state index in [9.17, 15) is 4.79 Å². The van der Waals surface area contributed by atoms with Gasteiger partial charge in [0.05, 0.1) is 13.2 Å². The van der Waals surface area contributed by atoms with Crippen molar-refractivity contribution in [1.29, 1.82) is 0 Å². The average Bonchev–Trinajstić information content (AvgIpc) is 2.29. The van der Waals surface area contributed by atoms with Crippen LogP contribution in [0.4, 0.5) is 5.95 Å². The van der Waals surface area contributed by atoms with E-state index in [1.807, 2.05) is 4.90 Å². The largest absolute Gasteiger partial charge is 0.477 e. The molecule has 1 aromatic rings. The molecule has 0 aromatic carbocycles. The van der Waals surface area contributed by atoms with Crippen LogP contribution in [-0.2, 0) is 4.74 Å². The fourth-order valence-corrected chi connectivity index (χ4v) is 1.57. The maximum atomic E-state index is 10.9. The van der Waals surface area contributed by atoms with E-state index in [1.165, 1.54) is 6.07 Å². The molecule has 1 N–H and O–H groups in total. The van der Waals surface area contributed by atoms with Gasteiger partial charge in [-0.1, -0.05) is 0 Å². The first kappa shape index (κ1) is 10.8. The molecule has 1 aliphatic heterocycles. The van der Waals surface area contributed by atoms with Gasteiger partial charge < -0.3 is 14.7 Å². The van der Waals surface area contributed by atoms with Gasteiger partial charge in [-0.15, -0.1) is 0 Å². The molecule has 0 atom stereocenters. The predicted molar refractivity (Wildman–Crippen MR) is 56.8 cm³/mol. The number of hydrogen-bond donors (Lipinski definition) is 1. The number of morpholine rings is 1. The van der Waals surface area contributed by atoms with E-state index in [0.717, 1.165) is 0 Å². The van der Waals surface area contributed by atoms with E-state index in [0.29, 0.717) is 37.9 Å². The number of hydrogen-bond acceptors (Lipinski definition) is 5. The Morgan fingerprint density at radius 2 is 2.12 bits per heavy atom. The third-order valence-corrected chi connectivity index (χ3v) is 2.36. The molecule has 16 heavy (non-hydrogen) atoms. The van der Waals surface area contributed by atoms with E-state index in [2.05, 4.69) is 9.97 Å². The molecule has 2 rings (SSSR count). The summed E-state index contributed by atoms with van der Waals surface area (Å²) in [6, 6.07) is 1.46. The van der Waals surface area contributed by atoms with Gasteiger partial charge in [-0.3, -0.25) is 0 Å². The lowest BCUT2D eigenvalue weighted by molar-refractivity contribution is 0.0690. The van der Waals surface area contributed by atoms with Gasteiger partial charge >= 0.3 is 5.97 Å². The van der Waals surface area contributed by atoms with Crippen molar-refractivity contribution < 1.29 is 14.6 Å². The Morgan fingerprint density at radius 1 is 1.44 bits per heavy atom. The number of anilines is 1. The van der Waals surface area contributed by atoms with Crippen LogP contribution in [-0.4, -0.2) is 47.3 Å². The van der Waals surface area contributed by atoms with Gasteiger partial charge in [0.25, 0.3) is 0 Å². The van der Waals surface area contributed by atoms with Crippen LogP contribution >= 0.6 is 0 Å². The molecule has 86 valence electrons. The number of ether oxygens (including phenoxy) is 1. The molecule has 0 unspecified atom stereocenters. The molecule has 0 spiro atoms. The molecule has 1 aliphatic rings. The highest BCUT2D eigenvalue weighted by atomic mass is 16.5. The Kier molecular flexibility index (Phi) is 3.00. The summed E-state index contributed by atoms with van der Waals surface area (Å²) in [5.74, 6) is -0.555. The standard InChI is InChI=1S/C10H13N3O3/c1-7-6-8(9(14)15)12-10(11-7)13-2-4-16-5-3-13/h6H,2-5H2,1H3,(H,14,15). The lowest BCUT2D eigenvalue weighted by atomic mass is 10.3. The number of aromatic nitrogens is 2. The molecule has 0 saturated carbocycles. The molecule has 1 saturated heterocycles. The topological polar surface area (TPSA) is 75.5 Å². The van der Waals surface area contributed by atoms with Gasteiger partial charge in [0.2, 0.25) is 5.95 Å². The van der Waals surface area contributed by atoms with Gasteiger partial charge in [-0.2, -0.15) is 0 Å². The van der Waals surface area contributed by atoms with E-state index < -0.39 is 5.97 Å². The Morgan fingerprint density at radius 3 is 2.75 bits per heavy atom. The van der Waals surface area contributed by atoms with Gasteiger partial charge in [-0.25, -0.2) is 14.8 Å². The van der Waals surface area contributed by atoms with Crippen molar-refractivity contribution in [1.82, 2.24) is 9.97 Å². The molecule has 0 aliphatic carbocycles. The molecule has 0 bridgehead atoms.